The van der Waals surface area contributed by atoms with Crippen LogP contribution in [0.15, 0.2) is 47.8 Å². The van der Waals surface area contributed by atoms with Gasteiger partial charge in [0.15, 0.2) is 0 Å². The van der Waals surface area contributed by atoms with Gasteiger partial charge in [-0.1, -0.05) is 18.2 Å². The van der Waals surface area contributed by atoms with E-state index in [4.69, 9.17) is 4.74 Å². The molecule has 0 aliphatic heterocycles. The molecule has 0 amide bonds. The molecule has 0 fully saturated rings. The number of hydrogen-bond acceptors (Lipinski definition) is 4. The van der Waals surface area contributed by atoms with Crippen molar-refractivity contribution in [1.29, 1.82) is 0 Å². The second-order valence-corrected chi connectivity index (χ2v) is 4.39. The molecule has 0 bridgehead atoms. The van der Waals surface area contributed by atoms with Crippen molar-refractivity contribution >= 4 is 18.2 Å². The summed E-state index contributed by atoms with van der Waals surface area (Å²) in [6.45, 7) is 4.08. The first-order chi connectivity index (χ1) is 9.81. The average Bonchev–Trinajstić information content (AvgIpc) is 2.89. The molecule has 0 saturated carbocycles. The van der Waals surface area contributed by atoms with Crippen molar-refractivity contribution < 1.29 is 4.74 Å². The summed E-state index contributed by atoms with van der Waals surface area (Å²) in [5, 5.41) is 0. The van der Waals surface area contributed by atoms with Gasteiger partial charge in [0, 0.05) is 36.8 Å². The van der Waals surface area contributed by atoms with E-state index in [1.807, 2.05) is 41.1 Å². The number of rotatable bonds is 4. The van der Waals surface area contributed by atoms with Crippen molar-refractivity contribution in [2.24, 2.45) is 4.99 Å². The summed E-state index contributed by atoms with van der Waals surface area (Å²) in [7, 11) is 1.65. The van der Waals surface area contributed by atoms with Gasteiger partial charge in [-0.25, -0.2) is 9.97 Å². The minimum Gasteiger partial charge on any atom is -0.378 e. The predicted molar refractivity (Wildman–Crippen MR) is 78.3 cm³/mol. The molecule has 0 spiro atoms. The third-order valence-corrected chi connectivity index (χ3v) is 3.04. The molecule has 5 nitrogen and oxygen atoms in total. The number of fused-ring (bicyclic) bond motifs is 1. The minimum absolute atomic E-state index is 0.476. The van der Waals surface area contributed by atoms with E-state index >= 15 is 0 Å². The Labute approximate surface area is 116 Å². The van der Waals surface area contributed by atoms with E-state index in [0.717, 1.165) is 22.5 Å². The van der Waals surface area contributed by atoms with E-state index in [2.05, 4.69) is 21.7 Å². The molecule has 1 aromatic carbocycles. The fraction of sp³-hybridized carbons (Fsp3) is 0.133. The highest BCUT2D eigenvalue weighted by molar-refractivity contribution is 5.76. The van der Waals surface area contributed by atoms with Gasteiger partial charge in [0.1, 0.15) is 0 Å². The van der Waals surface area contributed by atoms with E-state index < -0.39 is 0 Å². The fourth-order valence-corrected chi connectivity index (χ4v) is 2.15. The van der Waals surface area contributed by atoms with Crippen LogP contribution >= 0.6 is 0 Å². The van der Waals surface area contributed by atoms with E-state index in [9.17, 15) is 0 Å². The highest BCUT2D eigenvalue weighted by Crippen LogP contribution is 2.29. The van der Waals surface area contributed by atoms with Crippen molar-refractivity contribution in [2.75, 3.05) is 7.11 Å². The first-order valence-electron chi connectivity index (χ1n) is 6.20. The van der Waals surface area contributed by atoms with Gasteiger partial charge in [-0.2, -0.15) is 0 Å². The van der Waals surface area contributed by atoms with Crippen molar-refractivity contribution in [1.82, 2.24) is 14.4 Å². The Morgan fingerprint density at radius 3 is 2.95 bits per heavy atom. The SMILES string of the molecule is C=Nc1ccccc1-c1cnc2nc(COC)cn2c1. The molecule has 0 aliphatic rings. The number of methoxy groups -OCH3 is 1. The van der Waals surface area contributed by atoms with Gasteiger partial charge in [0.25, 0.3) is 0 Å². The standard InChI is InChI=1S/C15H14N4O/c1-16-14-6-4-3-5-13(14)11-7-17-15-18-12(10-20-2)9-19(15)8-11/h3-9H,1,10H2,2H3. The zero-order chi connectivity index (χ0) is 13.9. The van der Waals surface area contributed by atoms with Crippen LogP contribution in [0.1, 0.15) is 5.69 Å². The number of imidazole rings is 1. The van der Waals surface area contributed by atoms with Crippen LogP contribution in [0.5, 0.6) is 0 Å². The van der Waals surface area contributed by atoms with Gasteiger partial charge >= 0.3 is 0 Å². The summed E-state index contributed by atoms with van der Waals surface area (Å²) in [4.78, 5) is 12.8. The van der Waals surface area contributed by atoms with Crippen molar-refractivity contribution in [3.63, 3.8) is 0 Å². The molecular formula is C15H14N4O. The Morgan fingerprint density at radius 2 is 2.15 bits per heavy atom. The summed E-state index contributed by atoms with van der Waals surface area (Å²) < 4.78 is 6.97. The molecule has 2 aromatic heterocycles. The summed E-state index contributed by atoms with van der Waals surface area (Å²) in [5.74, 6) is 0.657. The normalized spacial score (nSPS) is 10.8. The quantitative estimate of drug-likeness (QED) is 0.682. The molecule has 0 aliphatic carbocycles. The van der Waals surface area contributed by atoms with Gasteiger partial charge in [0.2, 0.25) is 5.78 Å². The molecule has 0 unspecified atom stereocenters. The van der Waals surface area contributed by atoms with E-state index in [1.165, 1.54) is 0 Å². The lowest BCUT2D eigenvalue weighted by Gasteiger charge is -2.05. The van der Waals surface area contributed by atoms with Crippen LogP contribution in [0, 0.1) is 0 Å². The minimum atomic E-state index is 0.476. The molecule has 100 valence electrons. The summed E-state index contributed by atoms with van der Waals surface area (Å²) in [6, 6.07) is 7.84. The Hall–Kier alpha value is -2.53. The zero-order valence-electron chi connectivity index (χ0n) is 11.2. The van der Waals surface area contributed by atoms with Gasteiger partial charge in [0.05, 0.1) is 18.0 Å². The smallest absolute Gasteiger partial charge is 0.234 e. The Balaban J connectivity index is 2.10. The van der Waals surface area contributed by atoms with E-state index in [-0.39, 0.29) is 0 Å². The van der Waals surface area contributed by atoms with Crippen molar-refractivity contribution in [3.8, 4) is 11.1 Å². The van der Waals surface area contributed by atoms with Crippen LogP contribution in [0.4, 0.5) is 5.69 Å². The molecule has 3 aromatic rings. The van der Waals surface area contributed by atoms with E-state index in [1.54, 1.807) is 13.3 Å². The van der Waals surface area contributed by atoms with Crippen LogP contribution in [0.2, 0.25) is 0 Å². The van der Waals surface area contributed by atoms with Crippen LogP contribution in [-0.4, -0.2) is 28.2 Å². The van der Waals surface area contributed by atoms with Crippen LogP contribution in [0.3, 0.4) is 0 Å². The summed E-state index contributed by atoms with van der Waals surface area (Å²) >= 11 is 0. The Morgan fingerprint density at radius 1 is 1.30 bits per heavy atom. The van der Waals surface area contributed by atoms with Crippen molar-refractivity contribution in [3.05, 3.63) is 48.5 Å². The topological polar surface area (TPSA) is 51.8 Å². The highest BCUT2D eigenvalue weighted by Gasteiger charge is 2.07. The first kappa shape index (κ1) is 12.5. The molecule has 20 heavy (non-hydrogen) atoms. The molecule has 3 rings (SSSR count). The molecular weight excluding hydrogens is 252 g/mol. The number of benzene rings is 1. The second kappa shape index (κ2) is 5.22. The monoisotopic (exact) mass is 266 g/mol. The lowest BCUT2D eigenvalue weighted by Crippen LogP contribution is -1.89. The lowest BCUT2D eigenvalue weighted by molar-refractivity contribution is 0.182. The van der Waals surface area contributed by atoms with Crippen LogP contribution < -0.4 is 0 Å². The van der Waals surface area contributed by atoms with Crippen LogP contribution in [0.25, 0.3) is 16.9 Å². The van der Waals surface area contributed by atoms with Gasteiger partial charge in [-0.15, -0.1) is 0 Å². The van der Waals surface area contributed by atoms with E-state index in [0.29, 0.717) is 12.4 Å². The number of ether oxygens (including phenoxy) is 1. The summed E-state index contributed by atoms with van der Waals surface area (Å²) in [6.07, 6.45) is 5.70. The van der Waals surface area contributed by atoms with Gasteiger partial charge in [-0.05, 0) is 12.8 Å². The largest absolute Gasteiger partial charge is 0.378 e. The maximum Gasteiger partial charge on any atom is 0.234 e. The Bertz CT molecular complexity index is 763. The third-order valence-electron chi connectivity index (χ3n) is 3.04. The maximum absolute atomic E-state index is 5.08. The molecule has 2 heterocycles. The predicted octanol–water partition coefficient (Wildman–Crippen LogP) is 2.87. The molecule has 0 radical (unpaired) electrons. The number of hydrogen-bond donors (Lipinski definition) is 0. The number of aromatic nitrogens is 3. The zero-order valence-corrected chi connectivity index (χ0v) is 11.2. The fourth-order valence-electron chi connectivity index (χ4n) is 2.15. The Kier molecular flexibility index (Phi) is 3.26. The molecule has 0 atom stereocenters. The van der Waals surface area contributed by atoms with Gasteiger partial charge < -0.3 is 4.74 Å². The van der Waals surface area contributed by atoms with Crippen LogP contribution in [-0.2, 0) is 11.3 Å². The molecule has 0 saturated heterocycles. The van der Waals surface area contributed by atoms with Crippen molar-refractivity contribution in [2.45, 2.75) is 6.61 Å². The molecule has 5 heteroatoms. The molecule has 0 N–H and O–H groups in total. The number of nitrogens with zero attached hydrogens (tertiary/aromatic N) is 4. The average molecular weight is 266 g/mol. The lowest BCUT2D eigenvalue weighted by atomic mass is 10.1. The highest BCUT2D eigenvalue weighted by atomic mass is 16.5. The number of aliphatic imine (C=N–C) groups is 1. The van der Waals surface area contributed by atoms with Gasteiger partial charge in [-0.3, -0.25) is 9.39 Å². The third kappa shape index (κ3) is 2.19. The maximum atomic E-state index is 5.08. The first-order valence-corrected chi connectivity index (χ1v) is 6.20. The summed E-state index contributed by atoms with van der Waals surface area (Å²) in [5.41, 5.74) is 3.67. The second-order valence-electron chi connectivity index (χ2n) is 4.39. The number of para-hydroxylation sites is 1.